The Labute approximate surface area is 124 Å². The second kappa shape index (κ2) is 5.48. The zero-order valence-electron chi connectivity index (χ0n) is 12.2. The van der Waals surface area contributed by atoms with Crippen molar-refractivity contribution in [3.8, 4) is 0 Å². The van der Waals surface area contributed by atoms with E-state index in [1.165, 1.54) is 0 Å². The van der Waals surface area contributed by atoms with Crippen LogP contribution in [0, 0.1) is 0 Å². The summed E-state index contributed by atoms with van der Waals surface area (Å²) in [5.41, 5.74) is 0.538. The van der Waals surface area contributed by atoms with Crippen LogP contribution in [0.2, 0.25) is 0 Å². The normalized spacial score (nSPS) is 25.6. The molecule has 2 aliphatic rings. The molecule has 2 fully saturated rings. The summed E-state index contributed by atoms with van der Waals surface area (Å²) < 4.78 is 5.39. The van der Waals surface area contributed by atoms with Crippen LogP contribution in [0.4, 0.5) is 0 Å². The molecule has 0 aromatic heterocycles. The van der Waals surface area contributed by atoms with E-state index in [-0.39, 0.29) is 23.9 Å². The second-order valence-corrected chi connectivity index (χ2v) is 5.94. The Morgan fingerprint density at radius 1 is 1.19 bits per heavy atom. The number of piperazine rings is 1. The summed E-state index contributed by atoms with van der Waals surface area (Å²) in [6.45, 7) is 3.46. The molecule has 1 unspecified atom stereocenters. The van der Waals surface area contributed by atoms with E-state index in [1.54, 1.807) is 4.90 Å². The first kappa shape index (κ1) is 14.1. The van der Waals surface area contributed by atoms with Gasteiger partial charge < -0.3 is 15.0 Å². The third-order valence-electron chi connectivity index (χ3n) is 4.47. The molecule has 112 valence electrons. The number of benzene rings is 1. The Kier molecular flexibility index (Phi) is 3.68. The SMILES string of the molecule is CC1(N2CC(=O)NC(c3ccccc3)C2=O)CCOCC1. The fourth-order valence-corrected chi connectivity index (χ4v) is 3.06. The van der Waals surface area contributed by atoms with Crippen molar-refractivity contribution in [3.05, 3.63) is 35.9 Å². The molecular weight excluding hydrogens is 268 g/mol. The van der Waals surface area contributed by atoms with Gasteiger partial charge in [0.15, 0.2) is 0 Å². The number of carbonyl (C=O) groups is 2. The van der Waals surface area contributed by atoms with Crippen molar-refractivity contribution in [1.29, 1.82) is 0 Å². The number of hydrogen-bond donors (Lipinski definition) is 1. The Balaban J connectivity index is 1.88. The van der Waals surface area contributed by atoms with Gasteiger partial charge in [0.05, 0.1) is 0 Å². The van der Waals surface area contributed by atoms with Gasteiger partial charge in [0.25, 0.3) is 5.91 Å². The summed E-state index contributed by atoms with van der Waals surface area (Å²) in [6.07, 6.45) is 1.54. The summed E-state index contributed by atoms with van der Waals surface area (Å²) in [7, 11) is 0. The summed E-state index contributed by atoms with van der Waals surface area (Å²) in [5.74, 6) is -0.124. The van der Waals surface area contributed by atoms with Gasteiger partial charge in [-0.3, -0.25) is 9.59 Å². The fraction of sp³-hybridized carbons (Fsp3) is 0.500. The predicted molar refractivity (Wildman–Crippen MR) is 77.5 cm³/mol. The molecule has 2 saturated heterocycles. The van der Waals surface area contributed by atoms with Gasteiger partial charge in [0, 0.05) is 18.8 Å². The maximum Gasteiger partial charge on any atom is 0.250 e. The summed E-state index contributed by atoms with van der Waals surface area (Å²) in [6, 6.07) is 8.83. The van der Waals surface area contributed by atoms with E-state index in [0.29, 0.717) is 13.2 Å². The summed E-state index contributed by atoms with van der Waals surface area (Å²) in [4.78, 5) is 26.6. The van der Waals surface area contributed by atoms with Gasteiger partial charge in [-0.2, -0.15) is 0 Å². The first-order valence-corrected chi connectivity index (χ1v) is 7.34. The molecule has 3 rings (SSSR count). The topological polar surface area (TPSA) is 58.6 Å². The number of amides is 2. The van der Waals surface area contributed by atoms with E-state index in [2.05, 4.69) is 5.32 Å². The van der Waals surface area contributed by atoms with Crippen molar-refractivity contribution in [2.24, 2.45) is 0 Å². The lowest BCUT2D eigenvalue weighted by atomic mass is 9.88. The molecule has 1 atom stereocenters. The first-order chi connectivity index (χ1) is 10.1. The zero-order valence-corrected chi connectivity index (χ0v) is 12.2. The van der Waals surface area contributed by atoms with Crippen molar-refractivity contribution < 1.29 is 14.3 Å². The highest BCUT2D eigenvalue weighted by Gasteiger charge is 2.43. The van der Waals surface area contributed by atoms with Crippen molar-refractivity contribution in [2.45, 2.75) is 31.3 Å². The minimum atomic E-state index is -0.577. The molecule has 0 bridgehead atoms. The van der Waals surface area contributed by atoms with E-state index in [9.17, 15) is 9.59 Å². The molecular formula is C16H20N2O3. The van der Waals surface area contributed by atoms with Crippen LogP contribution >= 0.6 is 0 Å². The molecule has 2 aliphatic heterocycles. The zero-order chi connectivity index (χ0) is 14.9. The van der Waals surface area contributed by atoms with Crippen LogP contribution in [0.3, 0.4) is 0 Å². The molecule has 0 aliphatic carbocycles. The fourth-order valence-electron chi connectivity index (χ4n) is 3.06. The average Bonchev–Trinajstić information content (AvgIpc) is 2.51. The number of hydrogen-bond acceptors (Lipinski definition) is 3. The van der Waals surface area contributed by atoms with Gasteiger partial charge in [-0.15, -0.1) is 0 Å². The standard InChI is InChI=1S/C16H20N2O3/c1-16(7-9-21-10-8-16)18-11-13(19)17-14(15(18)20)12-5-3-2-4-6-12/h2-6,14H,7-11H2,1H3,(H,17,19). The summed E-state index contributed by atoms with van der Waals surface area (Å²) >= 11 is 0. The second-order valence-electron chi connectivity index (χ2n) is 5.94. The Morgan fingerprint density at radius 2 is 1.86 bits per heavy atom. The molecule has 5 nitrogen and oxygen atoms in total. The van der Waals surface area contributed by atoms with E-state index in [0.717, 1.165) is 18.4 Å². The van der Waals surface area contributed by atoms with Crippen LogP contribution in [0.5, 0.6) is 0 Å². The van der Waals surface area contributed by atoms with E-state index in [1.807, 2.05) is 37.3 Å². The van der Waals surface area contributed by atoms with Crippen molar-refractivity contribution in [1.82, 2.24) is 10.2 Å². The first-order valence-electron chi connectivity index (χ1n) is 7.34. The van der Waals surface area contributed by atoms with E-state index < -0.39 is 6.04 Å². The molecule has 1 aromatic carbocycles. The number of nitrogens with zero attached hydrogens (tertiary/aromatic N) is 1. The molecule has 2 amide bonds. The molecule has 0 spiro atoms. The van der Waals surface area contributed by atoms with Gasteiger partial charge in [0.2, 0.25) is 5.91 Å². The highest BCUT2D eigenvalue weighted by molar-refractivity contribution is 5.96. The van der Waals surface area contributed by atoms with Crippen LogP contribution in [-0.4, -0.2) is 42.0 Å². The molecule has 2 heterocycles. The Morgan fingerprint density at radius 3 is 2.52 bits per heavy atom. The smallest absolute Gasteiger partial charge is 0.250 e. The minimum absolute atomic E-state index is 0.0230. The maximum atomic E-state index is 12.8. The van der Waals surface area contributed by atoms with Crippen LogP contribution in [0.15, 0.2) is 30.3 Å². The highest BCUT2D eigenvalue weighted by atomic mass is 16.5. The number of ether oxygens (including phenoxy) is 1. The largest absolute Gasteiger partial charge is 0.381 e. The van der Waals surface area contributed by atoms with Crippen LogP contribution in [0.25, 0.3) is 0 Å². The van der Waals surface area contributed by atoms with Crippen LogP contribution < -0.4 is 5.32 Å². The van der Waals surface area contributed by atoms with Gasteiger partial charge in [-0.05, 0) is 25.3 Å². The lowest BCUT2D eigenvalue weighted by Gasteiger charge is -2.47. The molecule has 5 heteroatoms. The van der Waals surface area contributed by atoms with Gasteiger partial charge in [-0.25, -0.2) is 0 Å². The third kappa shape index (κ3) is 2.65. The molecule has 0 saturated carbocycles. The quantitative estimate of drug-likeness (QED) is 0.891. The Hall–Kier alpha value is -1.88. The monoisotopic (exact) mass is 288 g/mol. The van der Waals surface area contributed by atoms with E-state index >= 15 is 0 Å². The van der Waals surface area contributed by atoms with Crippen LogP contribution in [0.1, 0.15) is 31.4 Å². The molecule has 1 N–H and O–H groups in total. The predicted octanol–water partition coefficient (Wildman–Crippen LogP) is 1.26. The molecule has 21 heavy (non-hydrogen) atoms. The maximum absolute atomic E-state index is 12.8. The molecule has 0 radical (unpaired) electrons. The van der Waals surface area contributed by atoms with Gasteiger partial charge in [-0.1, -0.05) is 30.3 Å². The van der Waals surface area contributed by atoms with Crippen molar-refractivity contribution in [3.63, 3.8) is 0 Å². The van der Waals surface area contributed by atoms with Gasteiger partial charge >= 0.3 is 0 Å². The molecule has 1 aromatic rings. The highest BCUT2D eigenvalue weighted by Crippen LogP contribution is 2.31. The third-order valence-corrected chi connectivity index (χ3v) is 4.47. The average molecular weight is 288 g/mol. The Bertz CT molecular complexity index is 538. The lowest BCUT2D eigenvalue weighted by Crippen LogP contribution is -2.62. The number of carbonyl (C=O) groups excluding carboxylic acids is 2. The number of rotatable bonds is 2. The van der Waals surface area contributed by atoms with Crippen molar-refractivity contribution >= 4 is 11.8 Å². The minimum Gasteiger partial charge on any atom is -0.381 e. The van der Waals surface area contributed by atoms with Gasteiger partial charge in [0.1, 0.15) is 12.6 Å². The van der Waals surface area contributed by atoms with Crippen molar-refractivity contribution in [2.75, 3.05) is 19.8 Å². The van der Waals surface area contributed by atoms with Crippen LogP contribution in [-0.2, 0) is 14.3 Å². The number of nitrogens with one attached hydrogen (secondary N) is 1. The summed E-state index contributed by atoms with van der Waals surface area (Å²) in [5, 5.41) is 2.81. The van der Waals surface area contributed by atoms with E-state index in [4.69, 9.17) is 4.74 Å². The lowest BCUT2D eigenvalue weighted by molar-refractivity contribution is -0.154.